The van der Waals surface area contributed by atoms with Gasteiger partial charge in [0.2, 0.25) is 5.88 Å². The van der Waals surface area contributed by atoms with Gasteiger partial charge in [-0.25, -0.2) is 0 Å². The maximum atomic E-state index is 5.72. The zero-order valence-corrected chi connectivity index (χ0v) is 9.15. The Morgan fingerprint density at radius 3 is 3.07 bits per heavy atom. The number of hydrogen-bond acceptors (Lipinski definition) is 4. The quantitative estimate of drug-likeness (QED) is 0.853. The van der Waals surface area contributed by atoms with Gasteiger partial charge in [0.15, 0.2) is 5.15 Å². The lowest BCUT2D eigenvalue weighted by Gasteiger charge is -2.18. The highest BCUT2D eigenvalue weighted by Gasteiger charge is 2.28. The van der Waals surface area contributed by atoms with Crippen molar-refractivity contribution in [2.45, 2.75) is 25.4 Å². The van der Waals surface area contributed by atoms with Gasteiger partial charge in [0.1, 0.15) is 6.10 Å². The third-order valence-electron chi connectivity index (χ3n) is 2.75. The van der Waals surface area contributed by atoms with E-state index in [0.29, 0.717) is 23.5 Å². The normalized spacial score (nSPS) is 25.5. The molecular formula is C10H14ClN3O. The molecule has 0 radical (unpaired) electrons. The maximum Gasteiger partial charge on any atom is 0.234 e. The summed E-state index contributed by atoms with van der Waals surface area (Å²) in [5.74, 6) is 0.929. The average Bonchev–Trinajstić information content (AvgIpc) is 2.65. The fourth-order valence-corrected chi connectivity index (χ4v) is 2.10. The molecule has 1 heterocycles. The zero-order valence-electron chi connectivity index (χ0n) is 8.40. The molecular weight excluding hydrogens is 214 g/mol. The fourth-order valence-electron chi connectivity index (χ4n) is 1.97. The van der Waals surface area contributed by atoms with Crippen LogP contribution >= 0.6 is 11.6 Å². The Labute approximate surface area is 93.8 Å². The van der Waals surface area contributed by atoms with E-state index >= 15 is 0 Å². The van der Waals surface area contributed by atoms with E-state index in [0.717, 1.165) is 12.8 Å². The highest BCUT2D eigenvalue weighted by atomic mass is 35.5. The summed E-state index contributed by atoms with van der Waals surface area (Å²) in [5.41, 5.74) is 5.67. The van der Waals surface area contributed by atoms with Crippen LogP contribution in [-0.4, -0.2) is 22.6 Å². The predicted molar refractivity (Wildman–Crippen MR) is 57.9 cm³/mol. The molecule has 2 rings (SSSR count). The van der Waals surface area contributed by atoms with Gasteiger partial charge in [-0.2, -0.15) is 4.98 Å². The summed E-state index contributed by atoms with van der Waals surface area (Å²) in [6.07, 6.45) is 6.58. The van der Waals surface area contributed by atoms with E-state index < -0.39 is 0 Å². The van der Waals surface area contributed by atoms with Crippen molar-refractivity contribution in [1.29, 1.82) is 0 Å². The maximum absolute atomic E-state index is 5.72. The Morgan fingerprint density at radius 1 is 1.47 bits per heavy atom. The Bertz CT molecular complexity index is 334. The minimum Gasteiger partial charge on any atom is -0.473 e. The Balaban J connectivity index is 2.02. The molecule has 2 atom stereocenters. The Morgan fingerprint density at radius 2 is 2.33 bits per heavy atom. The first-order valence-electron chi connectivity index (χ1n) is 5.14. The van der Waals surface area contributed by atoms with Gasteiger partial charge in [0.05, 0.1) is 12.4 Å². The van der Waals surface area contributed by atoms with E-state index in [1.54, 1.807) is 6.20 Å². The van der Waals surface area contributed by atoms with Crippen LogP contribution in [0, 0.1) is 5.92 Å². The van der Waals surface area contributed by atoms with Crippen LogP contribution in [0.15, 0.2) is 12.4 Å². The minimum absolute atomic E-state index is 0.169. The molecule has 82 valence electrons. The Hall–Kier alpha value is -0.870. The second kappa shape index (κ2) is 4.77. The number of ether oxygens (including phenoxy) is 1. The van der Waals surface area contributed by atoms with E-state index in [9.17, 15) is 0 Å². The largest absolute Gasteiger partial charge is 0.473 e. The molecule has 4 nitrogen and oxygen atoms in total. The molecule has 1 saturated carbocycles. The second-order valence-electron chi connectivity index (χ2n) is 3.76. The zero-order chi connectivity index (χ0) is 10.7. The highest BCUT2D eigenvalue weighted by molar-refractivity contribution is 6.29. The minimum atomic E-state index is 0.169. The third-order valence-corrected chi connectivity index (χ3v) is 2.93. The number of aromatic nitrogens is 2. The van der Waals surface area contributed by atoms with E-state index in [2.05, 4.69) is 9.97 Å². The van der Waals surface area contributed by atoms with Crippen molar-refractivity contribution in [2.75, 3.05) is 6.54 Å². The summed E-state index contributed by atoms with van der Waals surface area (Å²) in [4.78, 5) is 7.97. The summed E-state index contributed by atoms with van der Waals surface area (Å²) in [6, 6.07) is 0. The van der Waals surface area contributed by atoms with Crippen molar-refractivity contribution in [1.82, 2.24) is 9.97 Å². The van der Waals surface area contributed by atoms with Crippen LogP contribution in [0.5, 0.6) is 5.88 Å². The number of nitrogens with zero attached hydrogens (tertiary/aromatic N) is 2. The number of halogens is 1. The number of nitrogens with two attached hydrogens (primary N) is 1. The van der Waals surface area contributed by atoms with Crippen molar-refractivity contribution in [2.24, 2.45) is 11.7 Å². The van der Waals surface area contributed by atoms with Crippen LogP contribution in [0.2, 0.25) is 5.15 Å². The molecule has 2 unspecified atom stereocenters. The van der Waals surface area contributed by atoms with E-state index in [4.69, 9.17) is 22.1 Å². The summed E-state index contributed by atoms with van der Waals surface area (Å²) >= 11 is 5.72. The van der Waals surface area contributed by atoms with Gasteiger partial charge >= 0.3 is 0 Å². The molecule has 0 saturated heterocycles. The molecule has 1 aromatic heterocycles. The molecule has 2 N–H and O–H groups in total. The predicted octanol–water partition coefficient (Wildman–Crippen LogP) is 1.64. The Kier molecular flexibility index (Phi) is 3.38. The third kappa shape index (κ3) is 2.58. The van der Waals surface area contributed by atoms with Crippen molar-refractivity contribution < 1.29 is 4.74 Å². The number of rotatable bonds is 3. The van der Waals surface area contributed by atoms with Crippen LogP contribution < -0.4 is 10.5 Å². The first kappa shape index (κ1) is 10.6. The van der Waals surface area contributed by atoms with Gasteiger partial charge in [0, 0.05) is 5.92 Å². The standard InChI is InChI=1S/C10H14ClN3O/c11-9-5-13-6-10(14-9)15-8-3-1-2-7(8)4-12/h5-8H,1-4,12H2. The summed E-state index contributed by atoms with van der Waals surface area (Å²) in [5, 5.41) is 0.356. The van der Waals surface area contributed by atoms with Crippen molar-refractivity contribution >= 4 is 11.6 Å². The molecule has 0 aromatic carbocycles. The molecule has 5 heteroatoms. The molecule has 0 spiro atoms. The van der Waals surface area contributed by atoms with Gasteiger partial charge < -0.3 is 10.5 Å². The molecule has 0 bridgehead atoms. The first-order chi connectivity index (χ1) is 7.29. The van der Waals surface area contributed by atoms with Crippen LogP contribution in [-0.2, 0) is 0 Å². The fraction of sp³-hybridized carbons (Fsp3) is 0.600. The van der Waals surface area contributed by atoms with Crippen LogP contribution in [0.1, 0.15) is 19.3 Å². The topological polar surface area (TPSA) is 61.0 Å². The number of hydrogen-bond donors (Lipinski definition) is 1. The molecule has 1 aliphatic rings. The van der Waals surface area contributed by atoms with Crippen LogP contribution in [0.4, 0.5) is 0 Å². The van der Waals surface area contributed by atoms with Crippen molar-refractivity contribution in [3.05, 3.63) is 17.5 Å². The van der Waals surface area contributed by atoms with Gasteiger partial charge in [-0.05, 0) is 25.8 Å². The summed E-state index contributed by atoms with van der Waals surface area (Å²) in [6.45, 7) is 0.665. The molecule has 1 fully saturated rings. The molecule has 1 aliphatic carbocycles. The lowest BCUT2D eigenvalue weighted by molar-refractivity contribution is 0.155. The van der Waals surface area contributed by atoms with Crippen LogP contribution in [0.3, 0.4) is 0 Å². The smallest absolute Gasteiger partial charge is 0.234 e. The summed E-state index contributed by atoms with van der Waals surface area (Å²) in [7, 11) is 0. The average molecular weight is 228 g/mol. The van der Waals surface area contributed by atoms with Gasteiger partial charge in [-0.3, -0.25) is 4.98 Å². The van der Waals surface area contributed by atoms with Crippen molar-refractivity contribution in [3.63, 3.8) is 0 Å². The molecule has 0 amide bonds. The lowest BCUT2D eigenvalue weighted by Crippen LogP contribution is -2.27. The van der Waals surface area contributed by atoms with Gasteiger partial charge in [-0.1, -0.05) is 11.6 Å². The van der Waals surface area contributed by atoms with Crippen LogP contribution in [0.25, 0.3) is 0 Å². The van der Waals surface area contributed by atoms with E-state index in [1.165, 1.54) is 12.6 Å². The van der Waals surface area contributed by atoms with Gasteiger partial charge in [0.25, 0.3) is 0 Å². The lowest BCUT2D eigenvalue weighted by atomic mass is 10.1. The highest BCUT2D eigenvalue weighted by Crippen LogP contribution is 2.28. The van der Waals surface area contributed by atoms with Gasteiger partial charge in [-0.15, -0.1) is 0 Å². The van der Waals surface area contributed by atoms with E-state index in [-0.39, 0.29) is 6.10 Å². The first-order valence-corrected chi connectivity index (χ1v) is 5.51. The van der Waals surface area contributed by atoms with Crippen molar-refractivity contribution in [3.8, 4) is 5.88 Å². The second-order valence-corrected chi connectivity index (χ2v) is 4.15. The SMILES string of the molecule is NCC1CCCC1Oc1cncc(Cl)n1. The molecule has 0 aliphatic heterocycles. The van der Waals surface area contributed by atoms with E-state index in [1.807, 2.05) is 0 Å². The molecule has 1 aromatic rings. The monoisotopic (exact) mass is 227 g/mol. The molecule has 15 heavy (non-hydrogen) atoms. The summed E-state index contributed by atoms with van der Waals surface area (Å²) < 4.78 is 5.72.